The molecule has 0 aromatic heterocycles. The molecule has 0 saturated carbocycles. The topological polar surface area (TPSA) is 56.1 Å². The van der Waals surface area contributed by atoms with Crippen molar-refractivity contribution in [3.05, 3.63) is 71.4 Å². The van der Waals surface area contributed by atoms with E-state index in [0.717, 1.165) is 10.9 Å². The Hall–Kier alpha value is -2.32. The maximum absolute atomic E-state index is 12.3. The molecular weight excluding hydrogens is 354 g/mol. The normalized spacial score (nSPS) is 10.5. The average molecular weight is 374 g/mol. The highest BCUT2D eigenvalue weighted by atomic mass is 79.9. The number of amides is 1. The van der Waals surface area contributed by atoms with E-state index in [1.165, 1.54) is 16.7 Å². The first-order valence-electron chi connectivity index (χ1n) is 7.21. The summed E-state index contributed by atoms with van der Waals surface area (Å²) >= 11 is 3.43. The first-order chi connectivity index (χ1) is 11.1. The Morgan fingerprint density at radius 3 is 2.61 bits per heavy atom. The van der Waals surface area contributed by atoms with E-state index in [1.54, 1.807) is 12.2 Å². The van der Waals surface area contributed by atoms with Crippen LogP contribution in [0.25, 0.3) is 0 Å². The molecule has 1 rings (SSSR count). The number of nitrogens with zero attached hydrogens (tertiary/aromatic N) is 2. The maximum Gasteiger partial charge on any atom is 0.266 e. The molecule has 0 spiro atoms. The summed E-state index contributed by atoms with van der Waals surface area (Å²) in [6.45, 7) is 8.62. The largest absolute Gasteiger partial charge is 0.389 e. The molecule has 1 aromatic rings. The van der Waals surface area contributed by atoms with Crippen LogP contribution >= 0.6 is 15.9 Å². The highest BCUT2D eigenvalue weighted by Crippen LogP contribution is 2.11. The van der Waals surface area contributed by atoms with Gasteiger partial charge in [-0.2, -0.15) is 5.26 Å². The molecule has 0 unspecified atom stereocenters. The summed E-state index contributed by atoms with van der Waals surface area (Å²) in [5.41, 5.74) is 1.24. The molecule has 0 aliphatic carbocycles. The minimum atomic E-state index is -0.331. The van der Waals surface area contributed by atoms with Crippen LogP contribution in [0.5, 0.6) is 0 Å². The van der Waals surface area contributed by atoms with Crippen LogP contribution in [0.1, 0.15) is 5.56 Å². The molecule has 0 aliphatic heterocycles. The van der Waals surface area contributed by atoms with Crippen molar-refractivity contribution in [2.24, 2.45) is 0 Å². The van der Waals surface area contributed by atoms with Crippen molar-refractivity contribution in [3.63, 3.8) is 0 Å². The van der Waals surface area contributed by atoms with Crippen molar-refractivity contribution in [3.8, 4) is 6.07 Å². The van der Waals surface area contributed by atoms with E-state index < -0.39 is 0 Å². The second-order valence-electron chi connectivity index (χ2n) is 4.79. The first kappa shape index (κ1) is 18.7. The van der Waals surface area contributed by atoms with Gasteiger partial charge >= 0.3 is 0 Å². The molecule has 0 heterocycles. The lowest BCUT2D eigenvalue weighted by atomic mass is 10.1. The first-order valence-corrected chi connectivity index (χ1v) is 8.00. The van der Waals surface area contributed by atoms with Crippen LogP contribution in [-0.4, -0.2) is 30.4 Å². The lowest BCUT2D eigenvalue weighted by Gasteiger charge is -2.18. The maximum atomic E-state index is 12.3. The predicted octanol–water partition coefficient (Wildman–Crippen LogP) is 3.19. The van der Waals surface area contributed by atoms with Crippen LogP contribution in [0.3, 0.4) is 0 Å². The summed E-state index contributed by atoms with van der Waals surface area (Å²) in [5, 5.41) is 12.2. The quantitative estimate of drug-likeness (QED) is 0.313. The molecular formula is C18H20BrN3O. The van der Waals surface area contributed by atoms with E-state index in [1.807, 2.05) is 30.3 Å². The molecule has 0 saturated heterocycles. The minimum absolute atomic E-state index is 0.0722. The molecule has 1 aromatic carbocycles. The average Bonchev–Trinajstić information content (AvgIpc) is 2.54. The van der Waals surface area contributed by atoms with E-state index in [4.69, 9.17) is 0 Å². The number of hydrogen-bond donors (Lipinski definition) is 1. The fourth-order valence-electron chi connectivity index (χ4n) is 1.95. The molecule has 23 heavy (non-hydrogen) atoms. The van der Waals surface area contributed by atoms with Crippen LogP contribution in [0.4, 0.5) is 0 Å². The summed E-state index contributed by atoms with van der Waals surface area (Å²) < 4.78 is 1.03. The van der Waals surface area contributed by atoms with Gasteiger partial charge in [-0.25, -0.2) is 0 Å². The molecule has 1 N–H and O–H groups in total. The summed E-state index contributed by atoms with van der Waals surface area (Å²) in [7, 11) is 0. The van der Waals surface area contributed by atoms with Crippen LogP contribution in [0.15, 0.2) is 65.8 Å². The van der Waals surface area contributed by atoms with Crippen LogP contribution in [0.2, 0.25) is 0 Å². The molecule has 0 fully saturated rings. The lowest BCUT2D eigenvalue weighted by Crippen LogP contribution is -2.32. The van der Waals surface area contributed by atoms with E-state index in [0.29, 0.717) is 19.6 Å². The number of nitriles is 1. The Balaban J connectivity index is 2.61. The Morgan fingerprint density at radius 2 is 2.04 bits per heavy atom. The van der Waals surface area contributed by atoms with Gasteiger partial charge in [-0.15, -0.1) is 13.2 Å². The summed E-state index contributed by atoms with van der Waals surface area (Å²) in [4.78, 5) is 13.8. The Morgan fingerprint density at radius 1 is 1.35 bits per heavy atom. The standard InChI is InChI=1S/C18H20BrN3O/c1-3-10-22(11-4-2)18(23)16(13-20)14-21-9-8-15-6-5-7-17(19)12-15/h3-7,12,14,21H,1-2,8-11H2/b16-14-. The zero-order chi connectivity index (χ0) is 17.1. The fraction of sp³-hybridized carbons (Fsp3) is 0.222. The summed E-state index contributed by atoms with van der Waals surface area (Å²) in [5.74, 6) is -0.331. The number of hydrogen-bond acceptors (Lipinski definition) is 3. The summed E-state index contributed by atoms with van der Waals surface area (Å²) in [6, 6.07) is 9.95. The zero-order valence-electron chi connectivity index (χ0n) is 13.0. The Kier molecular flexibility index (Phi) is 8.48. The minimum Gasteiger partial charge on any atom is -0.389 e. The second kappa shape index (κ2) is 10.4. The Labute approximate surface area is 145 Å². The van der Waals surface area contributed by atoms with Crippen molar-refractivity contribution in [2.75, 3.05) is 19.6 Å². The molecule has 0 radical (unpaired) electrons. The molecule has 5 heteroatoms. The number of halogens is 1. The highest BCUT2D eigenvalue weighted by Gasteiger charge is 2.15. The van der Waals surface area contributed by atoms with Crippen molar-refractivity contribution in [2.45, 2.75) is 6.42 Å². The molecule has 0 bridgehead atoms. The van der Waals surface area contributed by atoms with E-state index >= 15 is 0 Å². The predicted molar refractivity (Wildman–Crippen MR) is 96.5 cm³/mol. The molecule has 120 valence electrons. The van der Waals surface area contributed by atoms with Gasteiger partial charge in [0.1, 0.15) is 11.6 Å². The highest BCUT2D eigenvalue weighted by molar-refractivity contribution is 9.10. The van der Waals surface area contributed by atoms with Gasteiger partial charge in [0.15, 0.2) is 0 Å². The van der Waals surface area contributed by atoms with Gasteiger partial charge < -0.3 is 10.2 Å². The van der Waals surface area contributed by atoms with E-state index in [-0.39, 0.29) is 11.5 Å². The van der Waals surface area contributed by atoms with Crippen LogP contribution in [-0.2, 0) is 11.2 Å². The van der Waals surface area contributed by atoms with Gasteiger partial charge in [-0.1, -0.05) is 40.2 Å². The van der Waals surface area contributed by atoms with Crippen LogP contribution < -0.4 is 5.32 Å². The SMILES string of the molecule is C=CCN(CC=C)C(=O)/C(C#N)=C\NCCc1cccc(Br)c1. The van der Waals surface area contributed by atoms with Gasteiger partial charge in [0.2, 0.25) is 0 Å². The monoisotopic (exact) mass is 373 g/mol. The fourth-order valence-corrected chi connectivity index (χ4v) is 2.39. The number of nitrogens with one attached hydrogen (secondary N) is 1. The third kappa shape index (κ3) is 6.54. The zero-order valence-corrected chi connectivity index (χ0v) is 14.6. The number of carbonyl (C=O) groups excluding carboxylic acids is 1. The van der Waals surface area contributed by atoms with Crippen molar-refractivity contribution in [1.29, 1.82) is 5.26 Å². The number of rotatable bonds is 9. The molecule has 4 nitrogen and oxygen atoms in total. The Bertz CT molecular complexity index is 621. The van der Waals surface area contributed by atoms with Crippen molar-refractivity contribution in [1.82, 2.24) is 10.2 Å². The van der Waals surface area contributed by atoms with Crippen molar-refractivity contribution < 1.29 is 4.79 Å². The van der Waals surface area contributed by atoms with Gasteiger partial charge in [0, 0.05) is 30.3 Å². The van der Waals surface area contributed by atoms with Gasteiger partial charge in [0.25, 0.3) is 5.91 Å². The molecule has 0 aliphatic rings. The second-order valence-corrected chi connectivity index (χ2v) is 5.71. The van der Waals surface area contributed by atoms with E-state index in [2.05, 4.69) is 34.4 Å². The number of benzene rings is 1. The molecule has 1 amide bonds. The lowest BCUT2D eigenvalue weighted by molar-refractivity contribution is -0.125. The molecule has 0 atom stereocenters. The summed E-state index contributed by atoms with van der Waals surface area (Å²) in [6.07, 6.45) is 5.51. The smallest absolute Gasteiger partial charge is 0.266 e. The van der Waals surface area contributed by atoms with Gasteiger partial charge in [0.05, 0.1) is 0 Å². The number of carbonyl (C=O) groups is 1. The third-order valence-electron chi connectivity index (χ3n) is 3.03. The van der Waals surface area contributed by atoms with Gasteiger partial charge in [-0.3, -0.25) is 4.79 Å². The third-order valence-corrected chi connectivity index (χ3v) is 3.52. The van der Waals surface area contributed by atoms with Crippen LogP contribution in [0, 0.1) is 11.3 Å². The van der Waals surface area contributed by atoms with Crippen molar-refractivity contribution >= 4 is 21.8 Å². The van der Waals surface area contributed by atoms with E-state index in [9.17, 15) is 10.1 Å². The van der Waals surface area contributed by atoms with Gasteiger partial charge in [-0.05, 0) is 24.1 Å².